The molecule has 84 valence electrons. The van der Waals surface area contributed by atoms with Crippen LogP contribution in [0.5, 0.6) is 0 Å². The number of hydrogen-bond donors (Lipinski definition) is 2. The number of nitrogens with one attached hydrogen (secondary N) is 2. The van der Waals surface area contributed by atoms with Crippen molar-refractivity contribution in [2.45, 2.75) is 32.2 Å². The molecule has 3 nitrogen and oxygen atoms in total. The summed E-state index contributed by atoms with van der Waals surface area (Å²) >= 11 is 0. The number of benzene rings is 1. The molecule has 16 heavy (non-hydrogen) atoms. The highest BCUT2D eigenvalue weighted by Gasteiger charge is 2.35. The first-order valence-corrected chi connectivity index (χ1v) is 5.93. The number of anilines is 2. The topological polar surface area (TPSA) is 41.1 Å². The fraction of sp³-hybridized carbons (Fsp3) is 0.462. The van der Waals surface area contributed by atoms with Gasteiger partial charge in [0.25, 0.3) is 0 Å². The Balaban J connectivity index is 2.05. The summed E-state index contributed by atoms with van der Waals surface area (Å²) in [5.41, 5.74) is 3.23. The van der Waals surface area contributed by atoms with Gasteiger partial charge < -0.3 is 10.6 Å². The minimum atomic E-state index is 0.145. The van der Waals surface area contributed by atoms with E-state index in [0.29, 0.717) is 6.04 Å². The summed E-state index contributed by atoms with van der Waals surface area (Å²) in [6, 6.07) is 6.35. The fourth-order valence-electron chi connectivity index (χ4n) is 2.82. The largest absolute Gasteiger partial charge is 0.380 e. The highest BCUT2D eigenvalue weighted by molar-refractivity contribution is 5.98. The van der Waals surface area contributed by atoms with Crippen LogP contribution < -0.4 is 10.6 Å². The summed E-state index contributed by atoms with van der Waals surface area (Å²) in [7, 11) is 0. The minimum Gasteiger partial charge on any atom is -0.380 e. The van der Waals surface area contributed by atoms with Crippen molar-refractivity contribution >= 4 is 17.3 Å². The zero-order valence-corrected chi connectivity index (χ0v) is 9.42. The molecule has 0 bridgehead atoms. The normalized spacial score (nSPS) is 27.4. The molecular weight excluding hydrogens is 200 g/mol. The Labute approximate surface area is 95.2 Å². The average Bonchev–Trinajstić information content (AvgIpc) is 2.66. The van der Waals surface area contributed by atoms with Crippen LogP contribution in [0.1, 0.15) is 24.8 Å². The van der Waals surface area contributed by atoms with Crippen molar-refractivity contribution in [3.63, 3.8) is 0 Å². The molecule has 1 aromatic rings. The molecule has 2 atom stereocenters. The monoisotopic (exact) mass is 216 g/mol. The highest BCUT2D eigenvalue weighted by atomic mass is 16.2. The van der Waals surface area contributed by atoms with Crippen molar-refractivity contribution in [3.8, 4) is 0 Å². The molecule has 1 fully saturated rings. The van der Waals surface area contributed by atoms with Gasteiger partial charge in [0.1, 0.15) is 0 Å². The van der Waals surface area contributed by atoms with Crippen LogP contribution in [0.25, 0.3) is 0 Å². The van der Waals surface area contributed by atoms with E-state index in [0.717, 1.165) is 30.6 Å². The molecule has 3 heteroatoms. The van der Waals surface area contributed by atoms with E-state index in [2.05, 4.69) is 23.6 Å². The smallest absolute Gasteiger partial charge is 0.229 e. The number of rotatable bonds is 0. The minimum absolute atomic E-state index is 0.145. The van der Waals surface area contributed by atoms with Crippen LogP contribution in [0.2, 0.25) is 0 Å². The van der Waals surface area contributed by atoms with Crippen molar-refractivity contribution in [2.24, 2.45) is 5.92 Å². The fourth-order valence-corrected chi connectivity index (χ4v) is 2.82. The Morgan fingerprint density at radius 3 is 3.06 bits per heavy atom. The van der Waals surface area contributed by atoms with Gasteiger partial charge in [0, 0.05) is 6.04 Å². The van der Waals surface area contributed by atoms with E-state index in [9.17, 15) is 4.79 Å². The number of para-hydroxylation sites is 1. The maximum atomic E-state index is 12.0. The first-order valence-electron chi connectivity index (χ1n) is 5.93. The zero-order valence-electron chi connectivity index (χ0n) is 9.42. The summed E-state index contributed by atoms with van der Waals surface area (Å²) in [4.78, 5) is 12.0. The molecule has 2 unspecified atom stereocenters. The Hall–Kier alpha value is -1.51. The van der Waals surface area contributed by atoms with Crippen LogP contribution in [-0.4, -0.2) is 11.9 Å². The number of carbonyl (C=O) groups is 1. The molecule has 0 spiro atoms. The Morgan fingerprint density at radius 1 is 1.31 bits per heavy atom. The number of fused-ring (bicyclic) bond motifs is 2. The predicted octanol–water partition coefficient (Wildman–Crippen LogP) is 2.53. The van der Waals surface area contributed by atoms with E-state index in [-0.39, 0.29) is 11.8 Å². The van der Waals surface area contributed by atoms with Gasteiger partial charge in [-0.3, -0.25) is 4.79 Å². The van der Waals surface area contributed by atoms with Crippen LogP contribution in [0.4, 0.5) is 11.4 Å². The van der Waals surface area contributed by atoms with Gasteiger partial charge in [-0.25, -0.2) is 0 Å². The van der Waals surface area contributed by atoms with E-state index < -0.39 is 0 Å². The zero-order chi connectivity index (χ0) is 11.1. The van der Waals surface area contributed by atoms with E-state index in [1.54, 1.807) is 0 Å². The van der Waals surface area contributed by atoms with Crippen molar-refractivity contribution < 1.29 is 4.79 Å². The standard InChI is InChI=1S/C13H16N2O/c1-8-4-2-7-11-12(8)14-10-6-3-5-9(10)13(16)15-11/h2,4,7,9-10,14H,3,5-6H2,1H3,(H,15,16). The van der Waals surface area contributed by atoms with Crippen LogP contribution in [-0.2, 0) is 4.79 Å². The Bertz CT molecular complexity index is 442. The molecule has 0 saturated heterocycles. The SMILES string of the molecule is Cc1cccc2c1NC1CCCC1C(=O)N2. The van der Waals surface area contributed by atoms with E-state index in [4.69, 9.17) is 0 Å². The van der Waals surface area contributed by atoms with Gasteiger partial charge in [0.05, 0.1) is 17.3 Å². The lowest BCUT2D eigenvalue weighted by molar-refractivity contribution is -0.119. The lowest BCUT2D eigenvalue weighted by Crippen LogP contribution is -2.30. The second kappa shape index (κ2) is 3.51. The quantitative estimate of drug-likeness (QED) is 0.699. The number of hydrogen-bond acceptors (Lipinski definition) is 2. The number of aryl methyl sites for hydroxylation is 1. The molecule has 0 radical (unpaired) electrons. The third kappa shape index (κ3) is 1.39. The lowest BCUT2D eigenvalue weighted by Gasteiger charge is -2.17. The molecule has 0 aromatic heterocycles. The highest BCUT2D eigenvalue weighted by Crippen LogP contribution is 2.36. The van der Waals surface area contributed by atoms with Gasteiger partial charge in [0.2, 0.25) is 5.91 Å². The summed E-state index contributed by atoms with van der Waals surface area (Å²) in [6.07, 6.45) is 3.26. The predicted molar refractivity (Wildman–Crippen MR) is 64.6 cm³/mol. The third-order valence-electron chi connectivity index (χ3n) is 3.71. The van der Waals surface area contributed by atoms with Crippen LogP contribution in [0.3, 0.4) is 0 Å². The Morgan fingerprint density at radius 2 is 2.19 bits per heavy atom. The van der Waals surface area contributed by atoms with Crippen molar-refractivity contribution in [2.75, 3.05) is 10.6 Å². The molecule has 1 heterocycles. The van der Waals surface area contributed by atoms with Crippen LogP contribution in [0.15, 0.2) is 18.2 Å². The third-order valence-corrected chi connectivity index (χ3v) is 3.71. The van der Waals surface area contributed by atoms with Gasteiger partial charge in [-0.1, -0.05) is 18.6 Å². The van der Waals surface area contributed by atoms with Gasteiger partial charge >= 0.3 is 0 Å². The average molecular weight is 216 g/mol. The number of carbonyl (C=O) groups excluding carboxylic acids is 1. The lowest BCUT2D eigenvalue weighted by atomic mass is 10.0. The first-order chi connectivity index (χ1) is 7.75. The summed E-state index contributed by atoms with van der Waals surface area (Å²) < 4.78 is 0. The van der Waals surface area contributed by atoms with E-state index in [1.165, 1.54) is 5.56 Å². The first kappa shape index (κ1) is 9.70. The second-order valence-corrected chi connectivity index (χ2v) is 4.77. The molecule has 1 aliphatic carbocycles. The van der Waals surface area contributed by atoms with Crippen molar-refractivity contribution in [3.05, 3.63) is 23.8 Å². The molecule has 2 aliphatic rings. The van der Waals surface area contributed by atoms with Gasteiger partial charge in [-0.2, -0.15) is 0 Å². The van der Waals surface area contributed by atoms with Crippen molar-refractivity contribution in [1.82, 2.24) is 0 Å². The van der Waals surface area contributed by atoms with Crippen LogP contribution in [0, 0.1) is 12.8 Å². The van der Waals surface area contributed by atoms with Gasteiger partial charge in [-0.15, -0.1) is 0 Å². The molecule has 1 aliphatic heterocycles. The maximum absolute atomic E-state index is 12.0. The molecule has 1 saturated carbocycles. The molecule has 1 aromatic carbocycles. The molecule has 2 N–H and O–H groups in total. The molecular formula is C13H16N2O. The van der Waals surface area contributed by atoms with Gasteiger partial charge in [0.15, 0.2) is 0 Å². The number of amides is 1. The summed E-state index contributed by atoms with van der Waals surface area (Å²) in [6.45, 7) is 2.08. The maximum Gasteiger partial charge on any atom is 0.229 e. The van der Waals surface area contributed by atoms with Gasteiger partial charge in [-0.05, 0) is 31.4 Å². The molecule has 1 amide bonds. The Kier molecular flexibility index (Phi) is 2.13. The molecule has 3 rings (SSSR count). The van der Waals surface area contributed by atoms with Crippen molar-refractivity contribution in [1.29, 1.82) is 0 Å². The van der Waals surface area contributed by atoms with Crippen LogP contribution >= 0.6 is 0 Å². The van der Waals surface area contributed by atoms with E-state index >= 15 is 0 Å². The van der Waals surface area contributed by atoms with E-state index in [1.807, 2.05) is 12.1 Å². The summed E-state index contributed by atoms with van der Waals surface area (Å²) in [5, 5.41) is 6.57. The summed E-state index contributed by atoms with van der Waals surface area (Å²) in [5.74, 6) is 0.325. The second-order valence-electron chi connectivity index (χ2n) is 4.77.